The number of rotatable bonds is 3. The van der Waals surface area contributed by atoms with E-state index in [4.69, 9.17) is 11.6 Å². The first-order valence-corrected chi connectivity index (χ1v) is 11.6. The van der Waals surface area contributed by atoms with Crippen molar-refractivity contribution in [1.29, 1.82) is 0 Å². The van der Waals surface area contributed by atoms with E-state index in [0.29, 0.717) is 15.7 Å². The number of thiazole rings is 1. The number of aryl methyl sites for hydroxylation is 2. The van der Waals surface area contributed by atoms with Crippen molar-refractivity contribution in [1.82, 2.24) is 4.98 Å². The fourth-order valence-corrected chi connectivity index (χ4v) is 5.51. The summed E-state index contributed by atoms with van der Waals surface area (Å²) in [6.45, 7) is 3.92. The molecular formula is C26H18ClFN2O3S. The average Bonchev–Trinajstić information content (AvgIpc) is 3.33. The van der Waals surface area contributed by atoms with Crippen LogP contribution in [0.5, 0.6) is 0 Å². The van der Waals surface area contributed by atoms with Gasteiger partial charge < -0.3 is 5.11 Å². The number of benzene rings is 3. The number of hydrogen-bond donors (Lipinski definition) is 1. The summed E-state index contributed by atoms with van der Waals surface area (Å²) in [7, 11) is 0. The third kappa shape index (κ3) is 3.67. The van der Waals surface area contributed by atoms with Gasteiger partial charge in [-0.1, -0.05) is 41.1 Å². The minimum absolute atomic E-state index is 0.0916. The van der Waals surface area contributed by atoms with Crippen LogP contribution in [0, 0.1) is 19.7 Å². The third-order valence-electron chi connectivity index (χ3n) is 5.77. The molecule has 1 aliphatic rings. The maximum atomic E-state index is 13.4. The lowest BCUT2D eigenvalue weighted by molar-refractivity contribution is -0.132. The Labute approximate surface area is 203 Å². The Morgan fingerprint density at radius 3 is 2.41 bits per heavy atom. The Hall–Kier alpha value is -3.55. The normalized spacial score (nSPS) is 17.6. The molecule has 2 heterocycles. The molecule has 0 radical (unpaired) electrons. The van der Waals surface area contributed by atoms with Crippen LogP contribution in [0.15, 0.2) is 66.2 Å². The van der Waals surface area contributed by atoms with E-state index in [1.165, 1.54) is 40.5 Å². The van der Waals surface area contributed by atoms with Crippen LogP contribution in [0.25, 0.3) is 16.0 Å². The predicted octanol–water partition coefficient (Wildman–Crippen LogP) is 6.33. The van der Waals surface area contributed by atoms with Crippen LogP contribution in [0.1, 0.15) is 28.3 Å². The standard InChI is InChI=1S/C26H18ClFN2O3S/c1-13-11-14(2)21-19(12-13)34-26(29-21)30-22(15-3-7-17(27)8-4-15)20(24(32)25(30)33)23(31)16-5-9-18(28)10-6-16/h3-12,22,31H,1-2H3/t22-/m0/s1. The van der Waals surface area contributed by atoms with E-state index in [1.54, 1.807) is 24.3 Å². The number of aliphatic hydroxyl groups excluding tert-OH is 1. The summed E-state index contributed by atoms with van der Waals surface area (Å²) in [6, 6.07) is 14.9. The van der Waals surface area contributed by atoms with Crippen molar-refractivity contribution < 1.29 is 19.1 Å². The SMILES string of the molecule is Cc1cc(C)c2nc(N3C(=O)C(=O)C(=C(O)c4ccc(F)cc4)[C@@H]3c3ccc(Cl)cc3)sc2c1. The lowest BCUT2D eigenvalue weighted by atomic mass is 9.95. The fourth-order valence-electron chi connectivity index (χ4n) is 4.22. The molecule has 0 spiro atoms. The molecular weight excluding hydrogens is 475 g/mol. The highest BCUT2D eigenvalue weighted by atomic mass is 35.5. The maximum absolute atomic E-state index is 13.4. The van der Waals surface area contributed by atoms with Crippen LogP contribution in [-0.2, 0) is 9.59 Å². The van der Waals surface area contributed by atoms with E-state index < -0.39 is 23.5 Å². The van der Waals surface area contributed by atoms with E-state index in [0.717, 1.165) is 21.3 Å². The molecule has 1 N–H and O–H groups in total. The molecule has 5 nitrogen and oxygen atoms in total. The minimum Gasteiger partial charge on any atom is -0.507 e. The molecule has 34 heavy (non-hydrogen) atoms. The van der Waals surface area contributed by atoms with Crippen LogP contribution in [-0.4, -0.2) is 21.8 Å². The number of fused-ring (bicyclic) bond motifs is 1. The number of amides is 1. The molecule has 0 aliphatic carbocycles. The molecule has 1 aromatic heterocycles. The first kappa shape index (κ1) is 22.3. The van der Waals surface area contributed by atoms with Crippen molar-refractivity contribution in [3.05, 3.63) is 99.3 Å². The van der Waals surface area contributed by atoms with Crippen molar-refractivity contribution >= 4 is 55.7 Å². The van der Waals surface area contributed by atoms with Gasteiger partial charge in [-0.05, 0) is 73.0 Å². The highest BCUT2D eigenvalue weighted by molar-refractivity contribution is 7.22. The summed E-state index contributed by atoms with van der Waals surface area (Å²) >= 11 is 7.37. The number of ketones is 1. The average molecular weight is 493 g/mol. The van der Waals surface area contributed by atoms with Gasteiger partial charge in [0, 0.05) is 10.6 Å². The molecule has 0 unspecified atom stereocenters. The Bertz CT molecular complexity index is 1490. The van der Waals surface area contributed by atoms with E-state index in [9.17, 15) is 19.1 Å². The molecule has 4 aromatic rings. The largest absolute Gasteiger partial charge is 0.507 e. The molecule has 1 atom stereocenters. The van der Waals surface area contributed by atoms with Crippen molar-refractivity contribution in [3.63, 3.8) is 0 Å². The van der Waals surface area contributed by atoms with Crippen LogP contribution < -0.4 is 4.90 Å². The lowest BCUT2D eigenvalue weighted by Crippen LogP contribution is -2.29. The monoisotopic (exact) mass is 492 g/mol. The fraction of sp³-hybridized carbons (Fsp3) is 0.115. The van der Waals surface area contributed by atoms with Gasteiger partial charge in [-0.25, -0.2) is 9.37 Å². The summed E-state index contributed by atoms with van der Waals surface area (Å²) in [6.07, 6.45) is 0. The van der Waals surface area contributed by atoms with Crippen LogP contribution in [0.2, 0.25) is 5.02 Å². The van der Waals surface area contributed by atoms with Crippen molar-refractivity contribution in [2.75, 3.05) is 4.90 Å². The quantitative estimate of drug-likeness (QED) is 0.206. The summed E-state index contributed by atoms with van der Waals surface area (Å²) in [5.74, 6) is -2.49. The molecule has 3 aromatic carbocycles. The zero-order valence-electron chi connectivity index (χ0n) is 18.2. The van der Waals surface area contributed by atoms with Crippen molar-refractivity contribution in [3.8, 4) is 0 Å². The first-order chi connectivity index (χ1) is 16.2. The maximum Gasteiger partial charge on any atom is 0.301 e. The van der Waals surface area contributed by atoms with Gasteiger partial charge in [0.15, 0.2) is 5.13 Å². The number of carbonyl (C=O) groups is 2. The van der Waals surface area contributed by atoms with Crippen LogP contribution >= 0.6 is 22.9 Å². The van der Waals surface area contributed by atoms with Crippen LogP contribution in [0.4, 0.5) is 9.52 Å². The molecule has 1 fully saturated rings. The second-order valence-electron chi connectivity index (χ2n) is 8.15. The molecule has 5 rings (SSSR count). The Morgan fingerprint density at radius 1 is 1.06 bits per heavy atom. The minimum atomic E-state index is -0.927. The second kappa shape index (κ2) is 8.34. The summed E-state index contributed by atoms with van der Waals surface area (Å²) in [5, 5.41) is 11.9. The van der Waals surface area contributed by atoms with Crippen LogP contribution in [0.3, 0.4) is 0 Å². The number of hydrogen-bond acceptors (Lipinski definition) is 5. The number of anilines is 1. The molecule has 170 valence electrons. The lowest BCUT2D eigenvalue weighted by Gasteiger charge is -2.23. The molecule has 1 saturated heterocycles. The van der Waals surface area contributed by atoms with Gasteiger partial charge in [0.25, 0.3) is 5.78 Å². The molecule has 0 bridgehead atoms. The highest BCUT2D eigenvalue weighted by Gasteiger charge is 2.48. The molecule has 1 aliphatic heterocycles. The van der Waals surface area contributed by atoms with Crippen molar-refractivity contribution in [2.45, 2.75) is 19.9 Å². The summed E-state index contributed by atoms with van der Waals surface area (Å²) in [4.78, 5) is 32.5. The first-order valence-electron chi connectivity index (χ1n) is 10.4. The van der Waals surface area contributed by atoms with Gasteiger partial charge in [-0.15, -0.1) is 0 Å². The van der Waals surface area contributed by atoms with Gasteiger partial charge in [0.2, 0.25) is 0 Å². The highest BCUT2D eigenvalue weighted by Crippen LogP contribution is 2.44. The van der Waals surface area contributed by atoms with Gasteiger partial charge >= 0.3 is 5.91 Å². The Kier molecular flexibility index (Phi) is 5.46. The van der Waals surface area contributed by atoms with Crippen molar-refractivity contribution in [2.24, 2.45) is 0 Å². The van der Waals surface area contributed by atoms with E-state index in [-0.39, 0.29) is 16.9 Å². The smallest absolute Gasteiger partial charge is 0.301 e. The zero-order chi connectivity index (χ0) is 24.1. The third-order valence-corrected chi connectivity index (χ3v) is 7.03. The van der Waals surface area contributed by atoms with Gasteiger partial charge in [0.1, 0.15) is 11.6 Å². The van der Waals surface area contributed by atoms with E-state index in [2.05, 4.69) is 4.98 Å². The number of carbonyl (C=O) groups excluding carboxylic acids is 2. The molecule has 0 saturated carbocycles. The molecule has 1 amide bonds. The summed E-state index contributed by atoms with van der Waals surface area (Å²) in [5.41, 5.74) is 3.50. The number of nitrogens with zero attached hydrogens (tertiary/aromatic N) is 2. The van der Waals surface area contributed by atoms with E-state index >= 15 is 0 Å². The number of halogens is 2. The number of aliphatic hydroxyl groups is 1. The topological polar surface area (TPSA) is 70.5 Å². The van der Waals surface area contributed by atoms with Gasteiger partial charge in [0.05, 0.1) is 21.8 Å². The van der Waals surface area contributed by atoms with Gasteiger partial charge in [-0.2, -0.15) is 0 Å². The Morgan fingerprint density at radius 2 is 1.74 bits per heavy atom. The number of Topliss-reactive ketones (excluding diaryl/α,β-unsaturated/α-hetero) is 1. The predicted molar refractivity (Wildman–Crippen MR) is 132 cm³/mol. The Balaban J connectivity index is 1.74. The summed E-state index contributed by atoms with van der Waals surface area (Å²) < 4.78 is 14.3. The zero-order valence-corrected chi connectivity index (χ0v) is 19.7. The number of aromatic nitrogens is 1. The molecule has 8 heteroatoms. The van der Waals surface area contributed by atoms with E-state index in [1.807, 2.05) is 26.0 Å². The second-order valence-corrected chi connectivity index (χ2v) is 9.60. The van der Waals surface area contributed by atoms with Gasteiger partial charge in [-0.3, -0.25) is 14.5 Å².